The van der Waals surface area contributed by atoms with Gasteiger partial charge in [-0.15, -0.1) is 11.3 Å². The molecule has 0 bridgehead atoms. The average Bonchev–Trinajstić information content (AvgIpc) is 2.84. The van der Waals surface area contributed by atoms with Crippen LogP contribution < -0.4 is 5.32 Å². The van der Waals surface area contributed by atoms with Gasteiger partial charge in [0.25, 0.3) is 0 Å². The fourth-order valence-electron chi connectivity index (χ4n) is 3.23. The highest BCUT2D eigenvalue weighted by Crippen LogP contribution is 2.48. The van der Waals surface area contributed by atoms with Gasteiger partial charge in [-0.1, -0.05) is 26.8 Å². The second-order valence-electron chi connectivity index (χ2n) is 6.08. The van der Waals surface area contributed by atoms with Gasteiger partial charge in [0.05, 0.1) is 0 Å². The van der Waals surface area contributed by atoms with Crippen molar-refractivity contribution in [3.8, 4) is 0 Å². The highest BCUT2D eigenvalue weighted by atomic mass is 32.1. The number of thiophene rings is 1. The summed E-state index contributed by atoms with van der Waals surface area (Å²) in [6, 6.07) is 4.53. The smallest absolute Gasteiger partial charge is 0.244 e. The van der Waals surface area contributed by atoms with E-state index in [0.717, 1.165) is 19.3 Å². The maximum atomic E-state index is 12.8. The predicted molar refractivity (Wildman–Crippen MR) is 77.9 cm³/mol. The van der Waals surface area contributed by atoms with Gasteiger partial charge < -0.3 is 4.90 Å². The lowest BCUT2D eigenvalue weighted by Crippen LogP contribution is -2.43. The first-order chi connectivity index (χ1) is 9.09. The largest absolute Gasteiger partial charge is 0.317 e. The molecule has 1 amide bonds. The molecule has 4 heteroatoms. The zero-order valence-corrected chi connectivity index (χ0v) is 12.7. The van der Waals surface area contributed by atoms with E-state index in [1.54, 1.807) is 11.3 Å². The molecule has 2 unspecified atom stereocenters. The maximum Gasteiger partial charge on any atom is 0.244 e. The van der Waals surface area contributed by atoms with Gasteiger partial charge in [0.1, 0.15) is 11.7 Å². The highest BCUT2D eigenvalue weighted by molar-refractivity contribution is 7.10. The molecule has 1 N–H and O–H groups in total. The molecule has 1 aromatic rings. The van der Waals surface area contributed by atoms with E-state index in [-0.39, 0.29) is 11.7 Å². The third-order valence-electron chi connectivity index (χ3n) is 4.44. The van der Waals surface area contributed by atoms with E-state index in [0.29, 0.717) is 17.9 Å². The van der Waals surface area contributed by atoms with Gasteiger partial charge in [0.2, 0.25) is 5.91 Å². The number of amides is 1. The summed E-state index contributed by atoms with van der Waals surface area (Å²) >= 11 is 1.74. The molecule has 1 spiro atoms. The number of nitrogens with zero attached hydrogens (tertiary/aromatic N) is 1. The number of hydrogen-bond acceptors (Lipinski definition) is 3. The molecule has 1 aliphatic heterocycles. The lowest BCUT2D eigenvalue weighted by atomic mass is 9.99. The third kappa shape index (κ3) is 2.01. The topological polar surface area (TPSA) is 32.3 Å². The minimum atomic E-state index is -0.225. The van der Waals surface area contributed by atoms with Crippen LogP contribution in [0.1, 0.15) is 51.1 Å². The lowest BCUT2D eigenvalue weighted by Gasteiger charge is -2.34. The minimum absolute atomic E-state index is 0.0855. The Labute approximate surface area is 119 Å². The maximum absolute atomic E-state index is 12.8. The summed E-state index contributed by atoms with van der Waals surface area (Å²) in [5.74, 6) is 0.818. The first kappa shape index (κ1) is 13.1. The first-order valence-electron chi connectivity index (χ1n) is 7.23. The standard InChI is InChI=1S/C15H22N2OS/c1-4-11(10(2)3)17-13(12-6-5-9-19-12)16-15(7-8-15)14(17)18/h5-6,9-11,13,16H,4,7-8H2,1-3H3. The van der Waals surface area contributed by atoms with E-state index in [4.69, 9.17) is 0 Å². The first-order valence-corrected chi connectivity index (χ1v) is 8.11. The van der Waals surface area contributed by atoms with Crippen LogP contribution in [0.5, 0.6) is 0 Å². The van der Waals surface area contributed by atoms with Crippen LogP contribution in [-0.2, 0) is 4.79 Å². The van der Waals surface area contributed by atoms with Gasteiger partial charge >= 0.3 is 0 Å². The minimum Gasteiger partial charge on any atom is -0.317 e. The molecule has 19 heavy (non-hydrogen) atoms. The summed E-state index contributed by atoms with van der Waals surface area (Å²) in [5, 5.41) is 5.69. The van der Waals surface area contributed by atoms with Gasteiger partial charge in [0, 0.05) is 10.9 Å². The Balaban J connectivity index is 1.95. The Bertz CT molecular complexity index is 464. The molecule has 3 rings (SSSR count). The van der Waals surface area contributed by atoms with Crippen LogP contribution in [0.2, 0.25) is 0 Å². The fraction of sp³-hybridized carbons (Fsp3) is 0.667. The van der Waals surface area contributed by atoms with Crippen molar-refractivity contribution >= 4 is 17.2 Å². The van der Waals surface area contributed by atoms with E-state index in [2.05, 4.69) is 48.5 Å². The molecule has 2 atom stereocenters. The molecule has 104 valence electrons. The van der Waals surface area contributed by atoms with Crippen LogP contribution in [0.15, 0.2) is 17.5 Å². The van der Waals surface area contributed by atoms with Gasteiger partial charge in [0.15, 0.2) is 0 Å². The number of nitrogens with one attached hydrogen (secondary N) is 1. The molecular formula is C15H22N2OS. The van der Waals surface area contributed by atoms with Crippen molar-refractivity contribution in [2.75, 3.05) is 0 Å². The second-order valence-corrected chi connectivity index (χ2v) is 7.06. The van der Waals surface area contributed by atoms with E-state index in [9.17, 15) is 4.79 Å². The van der Waals surface area contributed by atoms with E-state index < -0.39 is 0 Å². The molecular weight excluding hydrogens is 256 g/mol. The Hall–Kier alpha value is -0.870. The Morgan fingerprint density at radius 1 is 1.53 bits per heavy atom. The van der Waals surface area contributed by atoms with E-state index >= 15 is 0 Å². The van der Waals surface area contributed by atoms with Crippen molar-refractivity contribution in [2.24, 2.45) is 5.92 Å². The van der Waals surface area contributed by atoms with Crippen LogP contribution in [-0.4, -0.2) is 22.4 Å². The van der Waals surface area contributed by atoms with Crippen LogP contribution >= 0.6 is 11.3 Å². The monoisotopic (exact) mass is 278 g/mol. The molecule has 2 aliphatic rings. The van der Waals surface area contributed by atoms with Crippen molar-refractivity contribution in [1.29, 1.82) is 0 Å². The van der Waals surface area contributed by atoms with Gasteiger partial charge in [-0.05, 0) is 36.6 Å². The Kier molecular flexibility index (Phi) is 3.18. The molecule has 0 aromatic carbocycles. The number of hydrogen-bond donors (Lipinski definition) is 1. The zero-order chi connectivity index (χ0) is 13.6. The lowest BCUT2D eigenvalue weighted by molar-refractivity contribution is -0.134. The quantitative estimate of drug-likeness (QED) is 0.917. The van der Waals surface area contributed by atoms with E-state index in [1.165, 1.54) is 4.88 Å². The molecule has 0 radical (unpaired) electrons. The average molecular weight is 278 g/mol. The normalized spacial score (nSPS) is 26.4. The predicted octanol–water partition coefficient (Wildman–Crippen LogP) is 3.15. The van der Waals surface area contributed by atoms with Gasteiger partial charge in [-0.2, -0.15) is 0 Å². The summed E-state index contributed by atoms with van der Waals surface area (Å²) in [4.78, 5) is 16.2. The molecule has 1 saturated heterocycles. The molecule has 1 saturated carbocycles. The zero-order valence-electron chi connectivity index (χ0n) is 11.8. The van der Waals surface area contributed by atoms with Crippen LogP contribution in [0.4, 0.5) is 0 Å². The Morgan fingerprint density at radius 3 is 2.74 bits per heavy atom. The van der Waals surface area contributed by atoms with Crippen LogP contribution in [0, 0.1) is 5.92 Å². The number of carbonyl (C=O) groups is 1. The van der Waals surface area contributed by atoms with Crippen LogP contribution in [0.25, 0.3) is 0 Å². The summed E-state index contributed by atoms with van der Waals surface area (Å²) in [6.07, 6.45) is 3.10. The number of rotatable bonds is 4. The molecule has 2 heterocycles. The van der Waals surface area contributed by atoms with Crippen LogP contribution in [0.3, 0.4) is 0 Å². The number of carbonyl (C=O) groups excluding carboxylic acids is 1. The summed E-state index contributed by atoms with van der Waals surface area (Å²) < 4.78 is 0. The third-order valence-corrected chi connectivity index (χ3v) is 5.37. The molecule has 2 fully saturated rings. The van der Waals surface area contributed by atoms with Crippen molar-refractivity contribution < 1.29 is 4.79 Å². The summed E-state index contributed by atoms with van der Waals surface area (Å²) in [7, 11) is 0. The van der Waals surface area contributed by atoms with Crippen molar-refractivity contribution in [2.45, 2.75) is 57.8 Å². The fourth-order valence-corrected chi connectivity index (χ4v) is 4.00. The van der Waals surface area contributed by atoms with Gasteiger partial charge in [-0.25, -0.2) is 0 Å². The molecule has 3 nitrogen and oxygen atoms in total. The second kappa shape index (κ2) is 4.60. The molecule has 1 aromatic heterocycles. The molecule has 1 aliphatic carbocycles. The van der Waals surface area contributed by atoms with Crippen molar-refractivity contribution in [3.05, 3.63) is 22.4 Å². The SMILES string of the molecule is CCC(C(C)C)N1C(=O)C2(CC2)NC1c1cccs1. The van der Waals surface area contributed by atoms with E-state index in [1.807, 2.05) is 0 Å². The van der Waals surface area contributed by atoms with Crippen molar-refractivity contribution in [1.82, 2.24) is 10.2 Å². The van der Waals surface area contributed by atoms with Crippen molar-refractivity contribution in [3.63, 3.8) is 0 Å². The highest BCUT2D eigenvalue weighted by Gasteiger charge is 2.60. The van der Waals surface area contributed by atoms with Gasteiger partial charge in [-0.3, -0.25) is 10.1 Å². The summed E-state index contributed by atoms with van der Waals surface area (Å²) in [6.45, 7) is 6.61. The summed E-state index contributed by atoms with van der Waals surface area (Å²) in [5.41, 5.74) is -0.225. The Morgan fingerprint density at radius 2 is 2.26 bits per heavy atom.